The molecule has 0 aliphatic heterocycles. The standard InChI is InChI=1S/C20H21ClO4/c1-20(14-6-3-2-4-7-14)12-13-10-15(25-9-5-8-17(22)23)11-16(21)18(13)19(20)24/h3,6-7,10-11H,2,4-5,8-9,12H2,1H3,(H,22,23). The minimum Gasteiger partial charge on any atom is -0.494 e. The van der Waals surface area contributed by atoms with E-state index in [1.54, 1.807) is 6.07 Å². The lowest BCUT2D eigenvalue weighted by molar-refractivity contribution is -0.137. The number of benzene rings is 1. The zero-order valence-corrected chi connectivity index (χ0v) is 14.9. The average molecular weight is 361 g/mol. The smallest absolute Gasteiger partial charge is 0.303 e. The van der Waals surface area contributed by atoms with Crippen molar-refractivity contribution in [2.75, 3.05) is 6.61 Å². The quantitative estimate of drug-likeness (QED) is 0.753. The van der Waals surface area contributed by atoms with Crippen LogP contribution in [-0.2, 0) is 11.2 Å². The number of Topliss-reactive ketones (excluding diaryl/α,β-unsaturated/α-hetero) is 1. The highest BCUT2D eigenvalue weighted by atomic mass is 35.5. The number of carbonyl (C=O) groups excluding carboxylic acids is 1. The van der Waals surface area contributed by atoms with E-state index in [1.807, 2.05) is 19.1 Å². The third-order valence-electron chi connectivity index (χ3n) is 4.85. The normalized spacial score (nSPS) is 21.8. The first-order valence-electron chi connectivity index (χ1n) is 8.51. The first kappa shape index (κ1) is 17.7. The van der Waals surface area contributed by atoms with Gasteiger partial charge in [-0.3, -0.25) is 9.59 Å². The van der Waals surface area contributed by atoms with Gasteiger partial charge in [-0.1, -0.05) is 29.8 Å². The number of aliphatic carboxylic acids is 1. The molecule has 0 saturated carbocycles. The molecule has 1 aromatic carbocycles. The van der Waals surface area contributed by atoms with E-state index in [4.69, 9.17) is 21.4 Å². The summed E-state index contributed by atoms with van der Waals surface area (Å²) in [6.07, 6.45) is 9.35. The Morgan fingerprint density at radius 1 is 1.36 bits per heavy atom. The summed E-state index contributed by atoms with van der Waals surface area (Å²) in [4.78, 5) is 23.6. The van der Waals surface area contributed by atoms with Crippen LogP contribution in [-0.4, -0.2) is 23.5 Å². The maximum Gasteiger partial charge on any atom is 0.303 e. The molecule has 25 heavy (non-hydrogen) atoms. The van der Waals surface area contributed by atoms with Gasteiger partial charge in [-0.05, 0) is 55.9 Å². The van der Waals surface area contributed by atoms with Crippen molar-refractivity contribution in [1.82, 2.24) is 0 Å². The molecule has 5 heteroatoms. The van der Waals surface area contributed by atoms with Gasteiger partial charge in [-0.25, -0.2) is 0 Å². The molecule has 2 aliphatic rings. The van der Waals surface area contributed by atoms with Crippen molar-refractivity contribution in [3.8, 4) is 5.75 Å². The van der Waals surface area contributed by atoms with Gasteiger partial charge in [-0.15, -0.1) is 0 Å². The van der Waals surface area contributed by atoms with Gasteiger partial charge >= 0.3 is 5.97 Å². The fraction of sp³-hybridized carbons (Fsp3) is 0.400. The summed E-state index contributed by atoms with van der Waals surface area (Å²) in [6.45, 7) is 2.28. The third-order valence-corrected chi connectivity index (χ3v) is 5.15. The number of carboxylic acid groups (broad SMARTS) is 1. The van der Waals surface area contributed by atoms with Crippen molar-refractivity contribution < 1.29 is 19.4 Å². The Hall–Kier alpha value is -2.07. The van der Waals surface area contributed by atoms with Crippen LogP contribution in [0, 0.1) is 5.41 Å². The van der Waals surface area contributed by atoms with Crippen molar-refractivity contribution in [1.29, 1.82) is 0 Å². The van der Waals surface area contributed by atoms with E-state index in [9.17, 15) is 9.59 Å². The number of ether oxygens (including phenoxy) is 1. The summed E-state index contributed by atoms with van der Waals surface area (Å²) in [5.41, 5.74) is 1.96. The number of hydrogen-bond donors (Lipinski definition) is 1. The fourth-order valence-electron chi connectivity index (χ4n) is 3.52. The van der Waals surface area contributed by atoms with Gasteiger partial charge in [0.25, 0.3) is 0 Å². The van der Waals surface area contributed by atoms with Gasteiger partial charge in [0.2, 0.25) is 0 Å². The van der Waals surface area contributed by atoms with Crippen molar-refractivity contribution >= 4 is 23.4 Å². The topological polar surface area (TPSA) is 63.6 Å². The molecule has 3 rings (SSSR count). The van der Waals surface area contributed by atoms with Crippen LogP contribution in [0.15, 0.2) is 35.9 Å². The van der Waals surface area contributed by atoms with Crippen LogP contribution in [0.5, 0.6) is 5.75 Å². The first-order chi connectivity index (χ1) is 11.9. The molecule has 0 radical (unpaired) electrons. The van der Waals surface area contributed by atoms with Gasteiger partial charge < -0.3 is 9.84 Å². The molecular formula is C20H21ClO4. The van der Waals surface area contributed by atoms with Gasteiger partial charge in [0.15, 0.2) is 5.78 Å². The summed E-state index contributed by atoms with van der Waals surface area (Å²) >= 11 is 6.37. The highest BCUT2D eigenvalue weighted by molar-refractivity contribution is 6.35. The number of allylic oxidation sites excluding steroid dienone is 4. The molecule has 0 saturated heterocycles. The average Bonchev–Trinajstić information content (AvgIpc) is 2.85. The third kappa shape index (κ3) is 3.49. The molecule has 4 nitrogen and oxygen atoms in total. The second kappa shape index (κ2) is 7.04. The molecule has 0 amide bonds. The van der Waals surface area contributed by atoms with Crippen LogP contribution >= 0.6 is 11.6 Å². The minimum atomic E-state index is -0.842. The van der Waals surface area contributed by atoms with E-state index in [0.717, 1.165) is 24.0 Å². The Morgan fingerprint density at radius 2 is 2.16 bits per heavy atom. The highest BCUT2D eigenvalue weighted by Crippen LogP contribution is 2.47. The van der Waals surface area contributed by atoms with E-state index >= 15 is 0 Å². The highest BCUT2D eigenvalue weighted by Gasteiger charge is 2.45. The van der Waals surface area contributed by atoms with E-state index in [1.165, 1.54) is 0 Å². The number of fused-ring (bicyclic) bond motifs is 1. The van der Waals surface area contributed by atoms with E-state index in [-0.39, 0.29) is 12.2 Å². The summed E-state index contributed by atoms with van der Waals surface area (Å²) in [7, 11) is 0. The largest absolute Gasteiger partial charge is 0.494 e. The van der Waals surface area contributed by atoms with E-state index in [2.05, 4.69) is 12.2 Å². The molecule has 2 aliphatic carbocycles. The van der Waals surface area contributed by atoms with Crippen LogP contribution in [0.1, 0.15) is 48.5 Å². The fourth-order valence-corrected chi connectivity index (χ4v) is 3.83. The van der Waals surface area contributed by atoms with E-state index in [0.29, 0.717) is 35.8 Å². The first-order valence-corrected chi connectivity index (χ1v) is 8.88. The number of hydrogen-bond acceptors (Lipinski definition) is 3. The monoisotopic (exact) mass is 360 g/mol. The lowest BCUT2D eigenvalue weighted by Crippen LogP contribution is -2.26. The molecule has 1 unspecified atom stereocenters. The van der Waals surface area contributed by atoms with Crippen molar-refractivity contribution in [2.45, 2.75) is 39.0 Å². The Morgan fingerprint density at radius 3 is 2.84 bits per heavy atom. The van der Waals surface area contributed by atoms with Crippen LogP contribution in [0.4, 0.5) is 0 Å². The van der Waals surface area contributed by atoms with Crippen molar-refractivity contribution in [2.24, 2.45) is 5.41 Å². The molecule has 1 N–H and O–H groups in total. The summed E-state index contributed by atoms with van der Waals surface area (Å²) in [5.74, 6) is -0.201. The second-order valence-electron chi connectivity index (χ2n) is 6.76. The molecule has 0 spiro atoms. The minimum absolute atomic E-state index is 0.0581. The summed E-state index contributed by atoms with van der Waals surface area (Å²) < 4.78 is 5.62. The molecule has 1 atom stereocenters. The molecule has 0 bridgehead atoms. The van der Waals surface area contributed by atoms with Gasteiger partial charge in [-0.2, -0.15) is 0 Å². The molecular weight excluding hydrogens is 340 g/mol. The lowest BCUT2D eigenvalue weighted by atomic mass is 9.76. The van der Waals surface area contributed by atoms with Crippen molar-refractivity contribution in [3.63, 3.8) is 0 Å². The second-order valence-corrected chi connectivity index (χ2v) is 7.17. The molecule has 0 fully saturated rings. The molecule has 132 valence electrons. The van der Waals surface area contributed by atoms with Gasteiger partial charge in [0, 0.05) is 12.0 Å². The van der Waals surface area contributed by atoms with Crippen molar-refractivity contribution in [3.05, 3.63) is 52.1 Å². The van der Waals surface area contributed by atoms with Crippen LogP contribution in [0.3, 0.4) is 0 Å². The Kier molecular flexibility index (Phi) is 5.00. The zero-order chi connectivity index (χ0) is 18.0. The Bertz CT molecular complexity index is 778. The number of ketones is 1. The number of rotatable bonds is 6. The van der Waals surface area contributed by atoms with Gasteiger partial charge in [0.05, 0.1) is 17.0 Å². The number of carboxylic acids is 1. The predicted molar refractivity (Wildman–Crippen MR) is 96.4 cm³/mol. The van der Waals surface area contributed by atoms with Crippen LogP contribution < -0.4 is 4.74 Å². The maximum atomic E-state index is 13.0. The SMILES string of the molecule is CC1(C2=CCCC=C2)Cc2cc(OCCCC(=O)O)cc(Cl)c2C1=O. The molecule has 0 aromatic heterocycles. The summed E-state index contributed by atoms with van der Waals surface area (Å²) in [6, 6.07) is 3.51. The number of carbonyl (C=O) groups is 2. The van der Waals surface area contributed by atoms with Crippen LogP contribution in [0.25, 0.3) is 0 Å². The maximum absolute atomic E-state index is 13.0. The molecule has 1 aromatic rings. The predicted octanol–water partition coefficient (Wildman–Crippen LogP) is 4.61. The Labute approximate surface area is 152 Å². The van der Waals surface area contributed by atoms with Crippen LogP contribution in [0.2, 0.25) is 5.02 Å². The zero-order valence-electron chi connectivity index (χ0n) is 14.2. The number of halogens is 1. The van der Waals surface area contributed by atoms with E-state index < -0.39 is 11.4 Å². The lowest BCUT2D eigenvalue weighted by Gasteiger charge is -2.25. The molecule has 0 heterocycles. The summed E-state index contributed by atoms with van der Waals surface area (Å²) in [5, 5.41) is 9.07. The van der Waals surface area contributed by atoms with Gasteiger partial charge in [0.1, 0.15) is 5.75 Å². The Balaban J connectivity index is 1.80.